The molecule has 0 spiro atoms. The monoisotopic (exact) mass is 194 g/mol. The first-order valence-corrected chi connectivity index (χ1v) is 5.26. The van der Waals surface area contributed by atoms with Gasteiger partial charge in [-0.3, -0.25) is 4.90 Å². The maximum Gasteiger partial charge on any atom is 0.123 e. The minimum Gasteiger partial charge on any atom is -0.347 e. The van der Waals surface area contributed by atoms with E-state index in [4.69, 9.17) is 5.73 Å². The van der Waals surface area contributed by atoms with Crippen LogP contribution in [-0.2, 0) is 0 Å². The van der Waals surface area contributed by atoms with E-state index in [1.54, 1.807) is 0 Å². The Kier molecular flexibility index (Phi) is 2.84. The van der Waals surface area contributed by atoms with Crippen LogP contribution in [0.2, 0.25) is 0 Å². The van der Waals surface area contributed by atoms with Gasteiger partial charge in [-0.2, -0.15) is 0 Å². The Morgan fingerprint density at radius 3 is 2.86 bits per heavy atom. The van der Waals surface area contributed by atoms with Crippen molar-refractivity contribution in [3.05, 3.63) is 18.2 Å². The molecule has 1 aliphatic heterocycles. The van der Waals surface area contributed by atoms with E-state index in [1.165, 1.54) is 0 Å². The van der Waals surface area contributed by atoms with Gasteiger partial charge in [0.1, 0.15) is 5.82 Å². The van der Waals surface area contributed by atoms with Gasteiger partial charge in [-0.15, -0.1) is 0 Å². The fourth-order valence-corrected chi connectivity index (χ4v) is 1.99. The summed E-state index contributed by atoms with van der Waals surface area (Å²) in [5, 5.41) is 0. The van der Waals surface area contributed by atoms with Crippen molar-refractivity contribution in [2.75, 3.05) is 13.1 Å². The van der Waals surface area contributed by atoms with E-state index < -0.39 is 0 Å². The van der Waals surface area contributed by atoms with E-state index in [9.17, 15) is 0 Å². The molecular formula is C10H18N4. The van der Waals surface area contributed by atoms with Crippen molar-refractivity contribution >= 4 is 0 Å². The van der Waals surface area contributed by atoms with Gasteiger partial charge >= 0.3 is 0 Å². The predicted molar refractivity (Wildman–Crippen MR) is 55.8 cm³/mol. The molecule has 1 fully saturated rings. The number of aromatic nitrogens is 2. The second-order valence-electron chi connectivity index (χ2n) is 4.02. The molecule has 0 saturated carbocycles. The predicted octanol–water partition coefficient (Wildman–Crippen LogP) is 0.894. The number of hydrogen-bond donors (Lipinski definition) is 2. The van der Waals surface area contributed by atoms with Crippen molar-refractivity contribution in [1.29, 1.82) is 0 Å². The van der Waals surface area contributed by atoms with E-state index in [2.05, 4.69) is 21.8 Å². The summed E-state index contributed by atoms with van der Waals surface area (Å²) in [6.45, 7) is 4.36. The number of likely N-dealkylation sites (tertiary alicyclic amines) is 1. The van der Waals surface area contributed by atoms with E-state index in [1.807, 2.05) is 12.4 Å². The summed E-state index contributed by atoms with van der Waals surface area (Å²) in [6, 6.07) is 0.785. The molecule has 1 aliphatic rings. The fourth-order valence-electron chi connectivity index (χ4n) is 1.99. The number of nitrogens with one attached hydrogen (secondary N) is 1. The van der Waals surface area contributed by atoms with E-state index in [0.717, 1.165) is 31.8 Å². The van der Waals surface area contributed by atoms with Gasteiger partial charge in [0.05, 0.1) is 6.04 Å². The first kappa shape index (κ1) is 9.68. The summed E-state index contributed by atoms with van der Waals surface area (Å²) < 4.78 is 0. The first-order valence-electron chi connectivity index (χ1n) is 5.26. The molecule has 0 aliphatic carbocycles. The zero-order valence-electron chi connectivity index (χ0n) is 8.61. The number of aromatic amines is 1. The lowest BCUT2D eigenvalue weighted by Crippen LogP contribution is -2.41. The number of piperidine rings is 1. The van der Waals surface area contributed by atoms with Gasteiger partial charge in [-0.1, -0.05) is 0 Å². The molecule has 1 unspecified atom stereocenters. The highest BCUT2D eigenvalue weighted by Crippen LogP contribution is 2.20. The number of nitrogens with two attached hydrogens (primary N) is 1. The zero-order chi connectivity index (χ0) is 9.97. The van der Waals surface area contributed by atoms with E-state index in [-0.39, 0.29) is 0 Å². The Morgan fingerprint density at radius 2 is 2.29 bits per heavy atom. The summed E-state index contributed by atoms with van der Waals surface area (Å²) in [6.07, 6.45) is 5.89. The molecule has 1 aromatic rings. The Balaban J connectivity index is 1.95. The van der Waals surface area contributed by atoms with Gasteiger partial charge in [-0.05, 0) is 19.8 Å². The van der Waals surface area contributed by atoms with Crippen LogP contribution in [0.25, 0.3) is 0 Å². The average molecular weight is 194 g/mol. The summed E-state index contributed by atoms with van der Waals surface area (Å²) in [4.78, 5) is 9.88. The van der Waals surface area contributed by atoms with Crippen molar-refractivity contribution in [2.24, 2.45) is 5.73 Å². The Labute approximate surface area is 84.5 Å². The Morgan fingerprint density at radius 1 is 1.57 bits per heavy atom. The third-order valence-electron chi connectivity index (χ3n) is 3.04. The second kappa shape index (κ2) is 4.11. The third kappa shape index (κ3) is 1.96. The SMILES string of the molecule is CC(c1ncc[nH]1)N1CCC(N)CC1. The zero-order valence-corrected chi connectivity index (χ0v) is 8.61. The fraction of sp³-hybridized carbons (Fsp3) is 0.700. The van der Waals surface area contributed by atoms with Crippen LogP contribution in [0, 0.1) is 0 Å². The molecule has 3 N–H and O–H groups in total. The minimum absolute atomic E-state index is 0.387. The summed E-state index contributed by atoms with van der Waals surface area (Å²) in [5.41, 5.74) is 5.87. The molecule has 1 aromatic heterocycles. The molecular weight excluding hydrogens is 176 g/mol. The van der Waals surface area contributed by atoms with Crippen molar-refractivity contribution in [3.63, 3.8) is 0 Å². The van der Waals surface area contributed by atoms with Crippen LogP contribution < -0.4 is 5.73 Å². The van der Waals surface area contributed by atoms with Crippen LogP contribution in [0.4, 0.5) is 0 Å². The lowest BCUT2D eigenvalue weighted by molar-refractivity contribution is 0.158. The van der Waals surface area contributed by atoms with E-state index >= 15 is 0 Å². The van der Waals surface area contributed by atoms with Crippen molar-refractivity contribution in [2.45, 2.75) is 31.8 Å². The van der Waals surface area contributed by atoms with Crippen molar-refractivity contribution in [3.8, 4) is 0 Å². The molecule has 4 nitrogen and oxygen atoms in total. The van der Waals surface area contributed by atoms with Gasteiger partial charge in [0.15, 0.2) is 0 Å². The molecule has 2 rings (SSSR count). The van der Waals surface area contributed by atoms with Crippen LogP contribution in [0.15, 0.2) is 12.4 Å². The largest absolute Gasteiger partial charge is 0.347 e. The van der Waals surface area contributed by atoms with Crippen LogP contribution in [0.5, 0.6) is 0 Å². The number of nitrogens with zero attached hydrogens (tertiary/aromatic N) is 2. The molecule has 0 radical (unpaired) electrons. The van der Waals surface area contributed by atoms with E-state index in [0.29, 0.717) is 12.1 Å². The number of imidazole rings is 1. The molecule has 78 valence electrons. The summed E-state index contributed by atoms with van der Waals surface area (Å²) in [5.74, 6) is 1.06. The van der Waals surface area contributed by atoms with Gasteiger partial charge < -0.3 is 10.7 Å². The van der Waals surface area contributed by atoms with Gasteiger partial charge in [0, 0.05) is 31.5 Å². The van der Waals surface area contributed by atoms with Crippen LogP contribution in [0.3, 0.4) is 0 Å². The quantitative estimate of drug-likeness (QED) is 0.735. The molecule has 1 saturated heterocycles. The van der Waals surface area contributed by atoms with Gasteiger partial charge in [0.25, 0.3) is 0 Å². The maximum atomic E-state index is 5.87. The highest BCUT2D eigenvalue weighted by atomic mass is 15.2. The first-order chi connectivity index (χ1) is 6.77. The Hall–Kier alpha value is -0.870. The molecule has 1 atom stereocenters. The molecule has 2 heterocycles. The topological polar surface area (TPSA) is 57.9 Å². The standard InChI is InChI=1S/C10H18N4/c1-8(10-12-4-5-13-10)14-6-2-9(11)3-7-14/h4-5,8-9H,2-3,6-7,11H2,1H3,(H,12,13). The average Bonchev–Trinajstić information content (AvgIpc) is 2.71. The van der Waals surface area contributed by atoms with Crippen molar-refractivity contribution < 1.29 is 0 Å². The summed E-state index contributed by atoms with van der Waals surface area (Å²) in [7, 11) is 0. The highest BCUT2D eigenvalue weighted by Gasteiger charge is 2.22. The van der Waals surface area contributed by atoms with Crippen LogP contribution in [-0.4, -0.2) is 34.0 Å². The Bertz CT molecular complexity index is 262. The van der Waals surface area contributed by atoms with Crippen molar-refractivity contribution in [1.82, 2.24) is 14.9 Å². The number of hydrogen-bond acceptors (Lipinski definition) is 3. The molecule has 0 aromatic carbocycles. The number of rotatable bonds is 2. The third-order valence-corrected chi connectivity index (χ3v) is 3.04. The molecule has 14 heavy (non-hydrogen) atoms. The molecule has 4 heteroatoms. The number of H-pyrrole nitrogens is 1. The van der Waals surface area contributed by atoms with Gasteiger partial charge in [0.2, 0.25) is 0 Å². The normalized spacial score (nSPS) is 22.4. The molecule has 0 bridgehead atoms. The van der Waals surface area contributed by atoms with Crippen LogP contribution >= 0.6 is 0 Å². The van der Waals surface area contributed by atoms with Gasteiger partial charge in [-0.25, -0.2) is 4.98 Å². The second-order valence-corrected chi connectivity index (χ2v) is 4.02. The smallest absolute Gasteiger partial charge is 0.123 e. The summed E-state index contributed by atoms with van der Waals surface area (Å²) >= 11 is 0. The lowest BCUT2D eigenvalue weighted by Gasteiger charge is -2.33. The maximum absolute atomic E-state index is 5.87. The lowest BCUT2D eigenvalue weighted by atomic mass is 10.0. The highest BCUT2D eigenvalue weighted by molar-refractivity contribution is 4.95. The van der Waals surface area contributed by atoms with Crippen LogP contribution in [0.1, 0.15) is 31.6 Å². The minimum atomic E-state index is 0.387. The molecule has 0 amide bonds.